The van der Waals surface area contributed by atoms with Crippen LogP contribution in [0.4, 0.5) is 0 Å². The summed E-state index contributed by atoms with van der Waals surface area (Å²) >= 11 is 1.60. The Balaban J connectivity index is 1.75. The van der Waals surface area contributed by atoms with Crippen molar-refractivity contribution in [2.75, 3.05) is 0 Å². The van der Waals surface area contributed by atoms with Gasteiger partial charge in [-0.15, -0.1) is 0 Å². The van der Waals surface area contributed by atoms with Crippen molar-refractivity contribution in [3.8, 4) is 0 Å². The van der Waals surface area contributed by atoms with Crippen molar-refractivity contribution in [3.05, 3.63) is 68.9 Å². The van der Waals surface area contributed by atoms with E-state index in [-0.39, 0.29) is 11.2 Å². The molecule has 0 N–H and O–H groups in total. The highest BCUT2D eigenvalue weighted by molar-refractivity contribution is 7.98. The molecule has 0 aliphatic heterocycles. The summed E-state index contributed by atoms with van der Waals surface area (Å²) in [5, 5.41) is 3.20. The van der Waals surface area contributed by atoms with Crippen LogP contribution in [0, 0.1) is 5.92 Å². The molecule has 4 aromatic rings. The maximum absolute atomic E-state index is 12.9. The third-order valence-corrected chi connectivity index (χ3v) is 6.47. The molecule has 0 spiro atoms. The van der Waals surface area contributed by atoms with E-state index in [4.69, 9.17) is 4.98 Å². The Kier molecular flexibility index (Phi) is 5.56. The van der Waals surface area contributed by atoms with E-state index in [0.717, 1.165) is 21.9 Å². The van der Waals surface area contributed by atoms with Crippen LogP contribution in [0.3, 0.4) is 0 Å². The molecule has 7 heteroatoms. The number of rotatable bonds is 6. The van der Waals surface area contributed by atoms with Crippen LogP contribution in [0.5, 0.6) is 0 Å². The third kappa shape index (κ3) is 3.69. The Morgan fingerprint density at radius 2 is 1.73 bits per heavy atom. The highest BCUT2D eigenvalue weighted by Gasteiger charge is 2.19. The molecule has 0 saturated carbocycles. The molecule has 30 heavy (non-hydrogen) atoms. The number of hydrogen-bond acceptors (Lipinski definition) is 4. The Morgan fingerprint density at radius 3 is 2.47 bits per heavy atom. The molecule has 0 aliphatic carbocycles. The topological polar surface area (TPSA) is 61.8 Å². The first-order chi connectivity index (χ1) is 14.4. The lowest BCUT2D eigenvalue weighted by atomic mass is 10.1. The summed E-state index contributed by atoms with van der Waals surface area (Å²) in [5.74, 6) is 1.24. The molecule has 0 saturated heterocycles. The summed E-state index contributed by atoms with van der Waals surface area (Å²) < 4.78 is 4.61. The highest BCUT2D eigenvalue weighted by atomic mass is 32.2. The van der Waals surface area contributed by atoms with Crippen LogP contribution in [0.2, 0.25) is 0 Å². The first kappa shape index (κ1) is 20.5. The first-order valence-corrected chi connectivity index (χ1v) is 11.1. The van der Waals surface area contributed by atoms with E-state index in [1.54, 1.807) is 18.8 Å². The smallest absolute Gasteiger partial charge is 0.313 e. The Hall–Kier alpha value is -2.80. The van der Waals surface area contributed by atoms with Crippen LogP contribution in [0.25, 0.3) is 21.9 Å². The van der Waals surface area contributed by atoms with Crippen LogP contribution in [-0.4, -0.2) is 18.7 Å². The van der Waals surface area contributed by atoms with Gasteiger partial charge in [-0.3, -0.25) is 13.9 Å². The van der Waals surface area contributed by atoms with E-state index >= 15 is 0 Å². The second-order valence-corrected chi connectivity index (χ2v) is 9.02. The molecule has 0 aliphatic rings. The normalized spacial score (nSPS) is 11.8. The van der Waals surface area contributed by atoms with Crippen molar-refractivity contribution in [2.45, 2.75) is 37.7 Å². The molecule has 0 bridgehead atoms. The van der Waals surface area contributed by atoms with Gasteiger partial charge in [-0.1, -0.05) is 68.1 Å². The van der Waals surface area contributed by atoms with Gasteiger partial charge in [0, 0.05) is 26.4 Å². The van der Waals surface area contributed by atoms with E-state index in [1.807, 2.05) is 16.7 Å². The lowest BCUT2D eigenvalue weighted by Gasteiger charge is -2.11. The van der Waals surface area contributed by atoms with Crippen molar-refractivity contribution in [1.82, 2.24) is 18.7 Å². The predicted molar refractivity (Wildman–Crippen MR) is 123 cm³/mol. The number of thioether (sulfide) groups is 1. The Bertz CT molecular complexity index is 1350. The SMILES string of the molecule is CC(C)CCn1c(SCc2ccc3ccccc3c2)nc2c1c(=O)n(C)c(=O)n2C. The minimum absolute atomic E-state index is 0.290. The number of imidazole rings is 1. The molecule has 0 atom stereocenters. The van der Waals surface area contributed by atoms with Crippen LogP contribution < -0.4 is 11.2 Å². The van der Waals surface area contributed by atoms with E-state index in [2.05, 4.69) is 44.2 Å². The van der Waals surface area contributed by atoms with Gasteiger partial charge >= 0.3 is 5.69 Å². The van der Waals surface area contributed by atoms with E-state index in [0.29, 0.717) is 23.6 Å². The second-order valence-electron chi connectivity index (χ2n) is 8.08. The molecular weight excluding hydrogens is 396 g/mol. The van der Waals surface area contributed by atoms with Crippen molar-refractivity contribution >= 4 is 33.7 Å². The molecule has 0 fully saturated rings. The average molecular weight is 423 g/mol. The van der Waals surface area contributed by atoms with Crippen LogP contribution in [0.1, 0.15) is 25.8 Å². The van der Waals surface area contributed by atoms with Crippen molar-refractivity contribution in [2.24, 2.45) is 20.0 Å². The number of aryl methyl sites for hydroxylation is 2. The second kappa shape index (κ2) is 8.14. The summed E-state index contributed by atoms with van der Waals surface area (Å²) in [7, 11) is 3.19. The van der Waals surface area contributed by atoms with Gasteiger partial charge in [0.25, 0.3) is 5.56 Å². The van der Waals surface area contributed by atoms with E-state index in [1.165, 1.54) is 28.0 Å². The summed E-state index contributed by atoms with van der Waals surface area (Å²) in [5.41, 5.74) is 1.51. The monoisotopic (exact) mass is 422 g/mol. The quantitative estimate of drug-likeness (QED) is 0.442. The summed E-state index contributed by atoms with van der Waals surface area (Å²) in [6, 6.07) is 14.8. The number of benzene rings is 2. The summed E-state index contributed by atoms with van der Waals surface area (Å²) in [6.45, 7) is 5.02. The minimum Gasteiger partial charge on any atom is -0.313 e. The van der Waals surface area contributed by atoms with E-state index < -0.39 is 0 Å². The lowest BCUT2D eigenvalue weighted by molar-refractivity contribution is 0.502. The fourth-order valence-electron chi connectivity index (χ4n) is 3.61. The number of aromatic nitrogens is 4. The molecule has 4 rings (SSSR count). The zero-order valence-corrected chi connectivity index (χ0v) is 18.6. The van der Waals surface area contributed by atoms with Crippen molar-refractivity contribution in [1.29, 1.82) is 0 Å². The molecule has 156 valence electrons. The van der Waals surface area contributed by atoms with Gasteiger partial charge in [0.15, 0.2) is 16.3 Å². The molecule has 2 aromatic carbocycles. The molecule has 6 nitrogen and oxygen atoms in total. The summed E-state index contributed by atoms with van der Waals surface area (Å²) in [4.78, 5) is 29.9. The maximum atomic E-state index is 12.9. The third-order valence-electron chi connectivity index (χ3n) is 5.42. The highest BCUT2D eigenvalue weighted by Crippen LogP contribution is 2.27. The zero-order valence-electron chi connectivity index (χ0n) is 17.8. The Labute approximate surface area is 179 Å². The molecule has 0 radical (unpaired) electrons. The van der Waals surface area contributed by atoms with Crippen molar-refractivity contribution < 1.29 is 0 Å². The fraction of sp³-hybridized carbons (Fsp3) is 0.348. The number of nitrogens with zero attached hydrogens (tertiary/aromatic N) is 4. The zero-order chi connectivity index (χ0) is 21.4. The molecule has 0 amide bonds. The van der Waals surface area contributed by atoms with Gasteiger partial charge in [-0.05, 0) is 28.7 Å². The van der Waals surface area contributed by atoms with Gasteiger partial charge in [-0.25, -0.2) is 9.78 Å². The standard InChI is InChI=1S/C23H26N4O2S/c1-15(2)11-12-27-19-20(25(3)23(29)26(4)21(19)28)24-22(27)30-14-16-9-10-17-7-5-6-8-18(17)13-16/h5-10,13,15H,11-12,14H2,1-4H3. The van der Waals surface area contributed by atoms with Gasteiger partial charge in [0.1, 0.15) is 0 Å². The number of fused-ring (bicyclic) bond motifs is 2. The first-order valence-electron chi connectivity index (χ1n) is 10.1. The van der Waals surface area contributed by atoms with Crippen LogP contribution >= 0.6 is 11.8 Å². The van der Waals surface area contributed by atoms with Gasteiger partial charge in [0.05, 0.1) is 0 Å². The van der Waals surface area contributed by atoms with Gasteiger partial charge in [-0.2, -0.15) is 0 Å². The molecule has 0 unspecified atom stereocenters. The maximum Gasteiger partial charge on any atom is 0.332 e. The molecule has 2 heterocycles. The van der Waals surface area contributed by atoms with Gasteiger partial charge in [0.2, 0.25) is 0 Å². The van der Waals surface area contributed by atoms with Gasteiger partial charge < -0.3 is 4.57 Å². The fourth-order valence-corrected chi connectivity index (χ4v) is 4.57. The summed E-state index contributed by atoms with van der Waals surface area (Å²) in [6.07, 6.45) is 0.932. The Morgan fingerprint density at radius 1 is 1.00 bits per heavy atom. The molecular formula is C23H26N4O2S. The van der Waals surface area contributed by atoms with Crippen molar-refractivity contribution in [3.63, 3.8) is 0 Å². The largest absolute Gasteiger partial charge is 0.332 e. The van der Waals surface area contributed by atoms with Crippen LogP contribution in [-0.2, 0) is 26.4 Å². The lowest BCUT2D eigenvalue weighted by Crippen LogP contribution is -2.37. The van der Waals surface area contributed by atoms with E-state index in [9.17, 15) is 9.59 Å². The average Bonchev–Trinajstić information content (AvgIpc) is 3.11. The molecule has 2 aromatic heterocycles. The minimum atomic E-state index is -0.355. The predicted octanol–water partition coefficient (Wildman–Crippen LogP) is 3.93. The van der Waals surface area contributed by atoms with Crippen LogP contribution in [0.15, 0.2) is 57.2 Å². The number of hydrogen-bond donors (Lipinski definition) is 0.